The largest absolute Gasteiger partial charge is 0.491 e. The number of ether oxygens (including phenoxy) is 3. The minimum Gasteiger partial charge on any atom is -0.491 e. The van der Waals surface area contributed by atoms with E-state index in [-0.39, 0.29) is 36.5 Å². The molecule has 2 fully saturated rings. The number of alkyl halides is 3. The van der Waals surface area contributed by atoms with Crippen molar-refractivity contribution < 1.29 is 31.4 Å². The number of fused-ring (bicyclic) bond motifs is 1. The number of halogens is 3. The molecule has 0 spiro atoms. The highest BCUT2D eigenvalue weighted by Crippen LogP contribution is 2.33. The number of hydrogen-bond acceptors (Lipinski definition) is 10. The van der Waals surface area contributed by atoms with Crippen LogP contribution in [0.25, 0.3) is 17.0 Å². The summed E-state index contributed by atoms with van der Waals surface area (Å²) in [5.74, 6) is 0.0559. The number of sulfonamides is 1. The first-order valence-corrected chi connectivity index (χ1v) is 15.7. The van der Waals surface area contributed by atoms with Crippen molar-refractivity contribution >= 4 is 38.6 Å². The lowest BCUT2D eigenvalue weighted by Gasteiger charge is -2.31. The second-order valence-corrected chi connectivity index (χ2v) is 12.2. The highest BCUT2D eigenvalue weighted by atomic mass is 35.5. The van der Waals surface area contributed by atoms with Gasteiger partial charge in [-0.2, -0.15) is 15.0 Å². The van der Waals surface area contributed by atoms with Crippen LogP contribution in [0.2, 0.25) is 0 Å². The average Bonchev–Trinajstić information content (AvgIpc) is 3.39. The number of piperidine rings is 1. The van der Waals surface area contributed by atoms with E-state index in [9.17, 15) is 17.2 Å². The SMILES string of the molecule is CCCCOc1cccc2c1nc(C(F)F)n2-c1nc(OC2CCN(S(=O)(=O)CCl)CC2)nc(N2CCOCC2)n1. The molecule has 2 saturated heterocycles. The average molecular weight is 616 g/mol. The Balaban J connectivity index is 1.52. The molecule has 5 rings (SSSR count). The highest BCUT2D eigenvalue weighted by molar-refractivity contribution is 7.90. The molecule has 12 nitrogen and oxygen atoms in total. The number of para-hydroxylation sites is 1. The van der Waals surface area contributed by atoms with E-state index in [2.05, 4.69) is 19.9 Å². The van der Waals surface area contributed by atoms with Crippen LogP contribution in [0.4, 0.5) is 14.7 Å². The van der Waals surface area contributed by atoms with E-state index in [0.29, 0.717) is 57.0 Å². The predicted molar refractivity (Wildman–Crippen MR) is 148 cm³/mol. The van der Waals surface area contributed by atoms with Crippen molar-refractivity contribution in [1.82, 2.24) is 28.8 Å². The molecule has 2 aromatic heterocycles. The summed E-state index contributed by atoms with van der Waals surface area (Å²) in [6.45, 7) is 4.85. The van der Waals surface area contributed by atoms with Gasteiger partial charge in [0.15, 0.2) is 5.82 Å². The lowest BCUT2D eigenvalue weighted by molar-refractivity contribution is 0.118. The van der Waals surface area contributed by atoms with Gasteiger partial charge in [-0.15, -0.1) is 11.6 Å². The maximum Gasteiger partial charge on any atom is 0.323 e. The third-order valence-corrected chi connectivity index (χ3v) is 9.17. The van der Waals surface area contributed by atoms with E-state index in [1.165, 1.54) is 8.87 Å². The van der Waals surface area contributed by atoms with Gasteiger partial charge < -0.3 is 19.1 Å². The molecular formula is C25H32ClF2N7O5S. The number of unbranched alkanes of at least 4 members (excludes halogenated alkanes) is 1. The molecule has 0 unspecified atom stereocenters. The van der Waals surface area contributed by atoms with Gasteiger partial charge in [-0.05, 0) is 31.4 Å². The van der Waals surface area contributed by atoms with Gasteiger partial charge in [0.25, 0.3) is 6.43 Å². The van der Waals surface area contributed by atoms with Crippen molar-refractivity contribution in [3.05, 3.63) is 24.0 Å². The summed E-state index contributed by atoms with van der Waals surface area (Å²) in [5, 5.41) is -0.491. The molecule has 2 aliphatic heterocycles. The molecule has 224 valence electrons. The highest BCUT2D eigenvalue weighted by Gasteiger charge is 2.30. The maximum atomic E-state index is 14.4. The third kappa shape index (κ3) is 6.63. The summed E-state index contributed by atoms with van der Waals surface area (Å²) in [4.78, 5) is 19.6. The van der Waals surface area contributed by atoms with Crippen LogP contribution < -0.4 is 14.4 Å². The number of hydrogen-bond donors (Lipinski definition) is 0. The van der Waals surface area contributed by atoms with Crippen molar-refractivity contribution in [1.29, 1.82) is 0 Å². The second kappa shape index (κ2) is 13.0. The Morgan fingerprint density at radius 3 is 2.49 bits per heavy atom. The molecule has 41 heavy (non-hydrogen) atoms. The second-order valence-electron chi connectivity index (χ2n) is 9.69. The Hall–Kier alpha value is -2.88. The summed E-state index contributed by atoms with van der Waals surface area (Å²) in [6.07, 6.45) is -0.805. The van der Waals surface area contributed by atoms with Crippen LogP contribution in [-0.4, -0.2) is 94.5 Å². The molecule has 0 bridgehead atoms. The summed E-state index contributed by atoms with van der Waals surface area (Å²) in [5.41, 5.74) is 0.640. The zero-order valence-electron chi connectivity index (χ0n) is 22.6. The lowest BCUT2D eigenvalue weighted by atomic mass is 10.1. The van der Waals surface area contributed by atoms with Crippen molar-refractivity contribution in [2.24, 2.45) is 0 Å². The van der Waals surface area contributed by atoms with Gasteiger partial charge >= 0.3 is 6.01 Å². The fourth-order valence-corrected chi connectivity index (χ4v) is 6.05. The molecule has 1 aromatic carbocycles. The fraction of sp³-hybridized carbons (Fsp3) is 0.600. The molecule has 0 aliphatic carbocycles. The van der Waals surface area contributed by atoms with E-state index in [1.54, 1.807) is 18.2 Å². The third-order valence-electron chi connectivity index (χ3n) is 6.91. The normalized spacial score (nSPS) is 17.4. The molecule has 16 heteroatoms. The minimum absolute atomic E-state index is 0.0486. The number of benzene rings is 1. The molecule has 0 radical (unpaired) electrons. The number of imidazole rings is 1. The molecule has 3 aromatic rings. The number of anilines is 1. The van der Waals surface area contributed by atoms with Crippen LogP contribution >= 0.6 is 11.6 Å². The standard InChI is InChI=1S/C25H32ClF2N7O5S/c1-2-3-13-39-19-6-4-5-18-20(19)29-22(21(27)28)35(18)24-30-23(33-11-14-38-15-12-33)31-25(32-24)40-17-7-9-34(10-8-17)41(36,37)16-26/h4-6,17,21H,2-3,7-16H2,1H3. The molecule has 0 N–H and O–H groups in total. The van der Waals surface area contributed by atoms with Gasteiger partial charge in [0.1, 0.15) is 22.6 Å². The molecule has 0 amide bonds. The Labute approximate surface area is 241 Å². The number of rotatable bonds is 11. The molecular weight excluding hydrogens is 584 g/mol. The van der Waals surface area contributed by atoms with Gasteiger partial charge in [0, 0.05) is 26.2 Å². The lowest BCUT2D eigenvalue weighted by Crippen LogP contribution is -2.42. The molecule has 0 saturated carbocycles. The van der Waals surface area contributed by atoms with E-state index < -0.39 is 33.6 Å². The van der Waals surface area contributed by atoms with E-state index >= 15 is 0 Å². The minimum atomic E-state index is -3.53. The van der Waals surface area contributed by atoms with E-state index in [0.717, 1.165) is 12.8 Å². The maximum absolute atomic E-state index is 14.4. The summed E-state index contributed by atoms with van der Waals surface area (Å²) >= 11 is 5.60. The monoisotopic (exact) mass is 615 g/mol. The number of nitrogens with zero attached hydrogens (tertiary/aromatic N) is 7. The van der Waals surface area contributed by atoms with Gasteiger partial charge in [-0.1, -0.05) is 19.4 Å². The zero-order valence-corrected chi connectivity index (χ0v) is 24.2. The fourth-order valence-electron chi connectivity index (χ4n) is 4.73. The predicted octanol–water partition coefficient (Wildman–Crippen LogP) is 3.53. The molecule has 0 atom stereocenters. The summed E-state index contributed by atoms with van der Waals surface area (Å²) in [6, 6.07) is 5.02. The van der Waals surface area contributed by atoms with E-state index in [1.807, 2.05) is 11.8 Å². The van der Waals surface area contributed by atoms with Crippen LogP contribution in [0, 0.1) is 0 Å². The topological polar surface area (TPSA) is 125 Å². The van der Waals surface area contributed by atoms with Crippen molar-refractivity contribution in [3.8, 4) is 17.7 Å². The van der Waals surface area contributed by atoms with Crippen molar-refractivity contribution in [3.63, 3.8) is 0 Å². The van der Waals surface area contributed by atoms with Crippen molar-refractivity contribution in [2.45, 2.75) is 45.1 Å². The van der Waals surface area contributed by atoms with Gasteiger partial charge in [0.05, 0.1) is 25.3 Å². The van der Waals surface area contributed by atoms with Crippen LogP contribution in [0.1, 0.15) is 44.9 Å². The van der Waals surface area contributed by atoms with Crippen molar-refractivity contribution in [2.75, 3.05) is 56.1 Å². The van der Waals surface area contributed by atoms with Crippen LogP contribution in [0.3, 0.4) is 0 Å². The quantitative estimate of drug-likeness (QED) is 0.234. The number of aromatic nitrogens is 5. The molecule has 2 aliphatic rings. The van der Waals surface area contributed by atoms with Gasteiger partial charge in [-0.3, -0.25) is 4.57 Å². The molecule has 4 heterocycles. The van der Waals surface area contributed by atoms with E-state index in [4.69, 9.17) is 25.8 Å². The summed E-state index contributed by atoms with van der Waals surface area (Å²) < 4.78 is 72.9. The summed E-state index contributed by atoms with van der Waals surface area (Å²) in [7, 11) is -3.53. The van der Waals surface area contributed by atoms with Crippen LogP contribution in [0.5, 0.6) is 11.8 Å². The smallest absolute Gasteiger partial charge is 0.323 e. The Bertz CT molecular complexity index is 1450. The Morgan fingerprint density at radius 1 is 1.07 bits per heavy atom. The Morgan fingerprint density at radius 2 is 1.80 bits per heavy atom. The van der Waals surface area contributed by atoms with Gasteiger partial charge in [-0.25, -0.2) is 26.5 Å². The first-order valence-electron chi connectivity index (χ1n) is 13.5. The zero-order chi connectivity index (χ0) is 29.0. The first-order chi connectivity index (χ1) is 19.8. The van der Waals surface area contributed by atoms with Crippen LogP contribution in [-0.2, 0) is 14.8 Å². The Kier molecular flexibility index (Phi) is 9.36. The van der Waals surface area contributed by atoms with Crippen LogP contribution in [0.15, 0.2) is 18.2 Å². The first kappa shape index (κ1) is 29.6. The van der Waals surface area contributed by atoms with Gasteiger partial charge in [0.2, 0.25) is 21.9 Å². The number of morpholine rings is 1.